The van der Waals surface area contributed by atoms with Crippen molar-refractivity contribution in [2.24, 2.45) is 0 Å². The summed E-state index contributed by atoms with van der Waals surface area (Å²) in [7, 11) is -9.41. The fourth-order valence-corrected chi connectivity index (χ4v) is 5.35. The molecule has 194 valence electrons. The molecule has 0 spiro atoms. The van der Waals surface area contributed by atoms with E-state index < -0.39 is 73.8 Å². The molecule has 5 rings (SSSR count). The molecule has 0 aliphatic rings. The predicted octanol–water partition coefficient (Wildman–Crippen LogP) is -1.04. The molecule has 0 radical (unpaired) electrons. The third-order valence-electron chi connectivity index (χ3n) is 5.41. The van der Waals surface area contributed by atoms with E-state index in [1.165, 1.54) is 0 Å². The van der Waals surface area contributed by atoms with Crippen LogP contribution in [0.2, 0.25) is 0 Å². The van der Waals surface area contributed by atoms with Crippen molar-refractivity contribution in [2.75, 3.05) is 0 Å². The van der Waals surface area contributed by atoms with Crippen molar-refractivity contribution < 1.29 is 35.6 Å². The molecule has 0 saturated carbocycles. The Morgan fingerprint density at radius 1 is 0.500 bits per heavy atom. The van der Waals surface area contributed by atoms with Gasteiger partial charge in [-0.2, -0.15) is 16.8 Å². The monoisotopic (exact) mass is 560 g/mol. The number of rotatable bonds is 6. The van der Waals surface area contributed by atoms with Gasteiger partial charge < -0.3 is 10.2 Å². The minimum atomic E-state index is -4.71. The first-order valence-electron chi connectivity index (χ1n) is 10.2. The van der Waals surface area contributed by atoms with Gasteiger partial charge in [-0.25, -0.2) is 0 Å². The zero-order chi connectivity index (χ0) is 27.6. The second kappa shape index (κ2) is 8.29. The highest BCUT2D eigenvalue weighted by Crippen LogP contribution is 2.18. The first-order chi connectivity index (χ1) is 17.8. The van der Waals surface area contributed by atoms with Crippen LogP contribution in [0.4, 0.5) is 0 Å². The Hall–Kier alpha value is -4.96. The smallest absolute Gasteiger partial charge is 0.357 e. The molecule has 2 heterocycles. The summed E-state index contributed by atoms with van der Waals surface area (Å²) in [6.45, 7) is 0. The lowest BCUT2D eigenvalue weighted by molar-refractivity contribution is 0.263. The maximum Gasteiger partial charge on any atom is 0.357 e. The summed E-state index contributed by atoms with van der Waals surface area (Å²) < 4.78 is 59.3. The quantitative estimate of drug-likeness (QED) is 0.255. The van der Waals surface area contributed by atoms with Crippen molar-refractivity contribution in [3.05, 3.63) is 102 Å². The molecule has 0 aliphatic carbocycles. The zero-order valence-corrected chi connectivity index (χ0v) is 20.1. The van der Waals surface area contributed by atoms with E-state index in [1.807, 2.05) is 0 Å². The molecule has 3 aromatic carbocycles. The summed E-state index contributed by atoms with van der Waals surface area (Å²) in [6.07, 6.45) is 0. The molecule has 0 atom stereocenters. The van der Waals surface area contributed by atoms with Crippen LogP contribution >= 0.6 is 0 Å². The van der Waals surface area contributed by atoms with Crippen LogP contribution in [0.3, 0.4) is 0 Å². The minimum Gasteiger partial charge on any atom is -0.508 e. The second-order valence-electron chi connectivity index (χ2n) is 7.80. The lowest BCUT2D eigenvalue weighted by Gasteiger charge is -2.05. The van der Waals surface area contributed by atoms with Gasteiger partial charge in [0.2, 0.25) is 0 Å². The number of fused-ring (bicyclic) bond motifs is 2. The zero-order valence-electron chi connectivity index (χ0n) is 18.5. The SMILES string of the molecule is O=c1c2cc3c(=O)n(OS(=O)(=O)c4ccc(O)cc4)c(=O)c3cc2c(=O)n1OS(=O)(=O)c1ccc(O)cc1. The van der Waals surface area contributed by atoms with E-state index in [0.717, 1.165) is 60.7 Å². The molecule has 2 N–H and O–H groups in total. The molecule has 38 heavy (non-hydrogen) atoms. The van der Waals surface area contributed by atoms with E-state index >= 15 is 0 Å². The molecular formula is C22H12N2O12S2. The highest BCUT2D eigenvalue weighted by molar-refractivity contribution is 7.87. The Kier molecular flexibility index (Phi) is 5.39. The fraction of sp³-hybridized carbons (Fsp3) is 0. The molecule has 2 aromatic heterocycles. The van der Waals surface area contributed by atoms with Crippen LogP contribution in [0.5, 0.6) is 11.5 Å². The van der Waals surface area contributed by atoms with Crippen LogP contribution in [0.1, 0.15) is 0 Å². The van der Waals surface area contributed by atoms with Crippen molar-refractivity contribution in [3.8, 4) is 11.5 Å². The van der Waals surface area contributed by atoms with Crippen molar-refractivity contribution in [1.82, 2.24) is 9.46 Å². The molecule has 0 aliphatic heterocycles. The summed E-state index contributed by atoms with van der Waals surface area (Å²) in [6, 6.07) is 9.66. The van der Waals surface area contributed by atoms with Crippen LogP contribution in [-0.4, -0.2) is 36.5 Å². The van der Waals surface area contributed by atoms with Gasteiger partial charge in [0.15, 0.2) is 0 Å². The van der Waals surface area contributed by atoms with E-state index in [4.69, 9.17) is 0 Å². The lowest BCUT2D eigenvalue weighted by Crippen LogP contribution is -2.36. The van der Waals surface area contributed by atoms with E-state index in [9.17, 15) is 46.2 Å². The molecule has 0 unspecified atom stereocenters. The highest BCUT2D eigenvalue weighted by atomic mass is 32.2. The van der Waals surface area contributed by atoms with Crippen LogP contribution in [0.15, 0.2) is 89.6 Å². The summed E-state index contributed by atoms with van der Waals surface area (Å²) >= 11 is 0. The average Bonchev–Trinajstić information content (AvgIpc) is 3.23. The highest BCUT2D eigenvalue weighted by Gasteiger charge is 2.27. The molecule has 14 nitrogen and oxygen atoms in total. The van der Waals surface area contributed by atoms with Gasteiger partial charge in [0.1, 0.15) is 21.3 Å². The van der Waals surface area contributed by atoms with E-state index in [1.54, 1.807) is 0 Å². The van der Waals surface area contributed by atoms with E-state index in [-0.39, 0.29) is 21.0 Å². The molecule has 0 bridgehead atoms. The van der Waals surface area contributed by atoms with Crippen LogP contribution < -0.4 is 30.8 Å². The van der Waals surface area contributed by atoms with E-state index in [0.29, 0.717) is 0 Å². The maximum atomic E-state index is 12.8. The van der Waals surface area contributed by atoms with Gasteiger partial charge in [0, 0.05) is 0 Å². The second-order valence-corrected chi connectivity index (χ2v) is 10.9. The normalized spacial score (nSPS) is 12.2. The van der Waals surface area contributed by atoms with E-state index in [2.05, 4.69) is 8.57 Å². The average molecular weight is 560 g/mol. The van der Waals surface area contributed by atoms with Crippen molar-refractivity contribution in [2.45, 2.75) is 9.79 Å². The molecule has 5 aromatic rings. The number of aromatic nitrogens is 2. The lowest BCUT2D eigenvalue weighted by atomic mass is 10.1. The first-order valence-corrected chi connectivity index (χ1v) is 13.0. The number of aromatic hydroxyl groups is 2. The van der Waals surface area contributed by atoms with Gasteiger partial charge in [-0.05, 0) is 60.7 Å². The van der Waals surface area contributed by atoms with Crippen molar-refractivity contribution in [1.29, 1.82) is 0 Å². The Morgan fingerprint density at radius 2 is 0.763 bits per heavy atom. The Labute approximate surface area is 210 Å². The molecule has 0 fully saturated rings. The Morgan fingerprint density at radius 3 is 1.03 bits per heavy atom. The number of benzene rings is 3. The Balaban J connectivity index is 1.61. The summed E-state index contributed by atoms with van der Waals surface area (Å²) in [4.78, 5) is 50.2. The first kappa shape index (κ1) is 24.7. The topological polar surface area (TPSA) is 205 Å². The van der Waals surface area contributed by atoms with Gasteiger partial charge >= 0.3 is 20.2 Å². The molecular weight excluding hydrogens is 548 g/mol. The fourth-order valence-electron chi connectivity index (χ4n) is 3.57. The van der Waals surface area contributed by atoms with Crippen molar-refractivity contribution >= 4 is 41.8 Å². The minimum absolute atomic E-state index is 0.0689. The van der Waals surface area contributed by atoms with Gasteiger partial charge in [-0.15, -0.1) is 0 Å². The molecule has 0 amide bonds. The number of phenolic OH excluding ortho intramolecular Hbond substituents is 2. The number of hydrogen-bond acceptors (Lipinski definition) is 12. The van der Waals surface area contributed by atoms with Gasteiger partial charge in [0.05, 0.1) is 21.5 Å². The number of nitrogens with zero attached hydrogens (tertiary/aromatic N) is 2. The summed E-state index contributed by atoms with van der Waals surface area (Å²) in [5, 5.41) is 16.7. The standard InChI is InChI=1S/C22H12N2O12S2/c25-11-1-5-13(6-2-11)37(31,32)35-23-19(27)15-9-17-18(10-16(15)20(23)28)22(30)24(21(17)29)36-38(33,34)14-7-3-12(26)4-8-14/h1-10,25-26H. The maximum absolute atomic E-state index is 12.8. The van der Waals surface area contributed by atoms with Gasteiger partial charge in [-0.3, -0.25) is 27.7 Å². The third kappa shape index (κ3) is 3.87. The van der Waals surface area contributed by atoms with Gasteiger partial charge in [-0.1, -0.05) is 9.46 Å². The summed E-state index contributed by atoms with van der Waals surface area (Å²) in [5.74, 6) is -0.496. The van der Waals surface area contributed by atoms with Crippen LogP contribution in [0, 0.1) is 0 Å². The molecule has 16 heteroatoms. The molecule has 0 saturated heterocycles. The Bertz CT molecular complexity index is 1950. The third-order valence-corrected chi connectivity index (χ3v) is 7.80. The van der Waals surface area contributed by atoms with Crippen molar-refractivity contribution in [3.63, 3.8) is 0 Å². The number of phenols is 2. The van der Waals surface area contributed by atoms with Crippen LogP contribution in [0.25, 0.3) is 21.5 Å². The largest absolute Gasteiger partial charge is 0.508 e. The van der Waals surface area contributed by atoms with Crippen LogP contribution in [-0.2, 0) is 20.2 Å². The summed E-state index contributed by atoms with van der Waals surface area (Å²) in [5.41, 5.74) is -5.09. The predicted molar refractivity (Wildman–Crippen MR) is 129 cm³/mol. The number of hydrogen-bond donors (Lipinski definition) is 2. The van der Waals surface area contributed by atoms with Gasteiger partial charge in [0.25, 0.3) is 22.2 Å².